The van der Waals surface area contributed by atoms with E-state index >= 15 is 0 Å². The van der Waals surface area contributed by atoms with Crippen molar-refractivity contribution >= 4 is 17.7 Å². The molecule has 6 nitrogen and oxygen atoms in total. The fraction of sp³-hybridized carbons (Fsp3) is 0.333. The number of nitrogens with zero attached hydrogens (tertiary/aromatic N) is 3. The number of aromatic nitrogens is 2. The average Bonchev–Trinajstić information content (AvgIpc) is 2.80. The Bertz CT molecular complexity index is 1100. The summed E-state index contributed by atoms with van der Waals surface area (Å²) in [6.45, 7) is 5.28. The van der Waals surface area contributed by atoms with Crippen LogP contribution in [0.2, 0.25) is 0 Å². The summed E-state index contributed by atoms with van der Waals surface area (Å²) >= 11 is 0. The van der Waals surface area contributed by atoms with Gasteiger partial charge in [0.05, 0.1) is 5.69 Å². The molecule has 1 amide bonds. The van der Waals surface area contributed by atoms with Crippen molar-refractivity contribution in [2.45, 2.75) is 50.9 Å². The van der Waals surface area contributed by atoms with Crippen molar-refractivity contribution in [3.63, 3.8) is 0 Å². The number of carbonyl (C=O) groups is 1. The van der Waals surface area contributed by atoms with Crippen LogP contribution in [0.5, 0.6) is 0 Å². The van der Waals surface area contributed by atoms with Crippen LogP contribution in [0.15, 0.2) is 43.1 Å². The Balaban J connectivity index is 1.65. The molecule has 0 aromatic carbocycles. The molecule has 0 unspecified atom stereocenters. The lowest BCUT2D eigenvalue weighted by Gasteiger charge is -2.31. The molecule has 0 spiro atoms. The Kier molecular flexibility index (Phi) is 7.48. The monoisotopic (exact) mass is 455 g/mol. The van der Waals surface area contributed by atoms with Gasteiger partial charge in [-0.05, 0) is 62.4 Å². The number of anilines is 1. The van der Waals surface area contributed by atoms with E-state index in [9.17, 15) is 18.0 Å². The number of carbonyl (C=O) groups excluding carboxylic acids is 1. The largest absolute Gasteiger partial charge is 0.433 e. The van der Waals surface area contributed by atoms with Gasteiger partial charge in [0.2, 0.25) is 0 Å². The van der Waals surface area contributed by atoms with Crippen LogP contribution in [0.3, 0.4) is 0 Å². The Morgan fingerprint density at radius 1 is 1.24 bits per heavy atom. The molecular weight excluding hydrogens is 431 g/mol. The molecule has 1 saturated carbocycles. The summed E-state index contributed by atoms with van der Waals surface area (Å²) < 4.78 is 40.0. The van der Waals surface area contributed by atoms with Gasteiger partial charge in [0.25, 0.3) is 5.91 Å². The second kappa shape index (κ2) is 10.3. The SMILES string of the molecule is C=C/C=C\c1nc(C(F)(F)F)cc(N[C@H]2CC[C@@H](NC(=O)c3ccnc(C#N)c3)CC2)c1C. The molecule has 2 heterocycles. The molecule has 0 saturated heterocycles. The number of alkyl halides is 3. The minimum Gasteiger partial charge on any atom is -0.382 e. The molecule has 33 heavy (non-hydrogen) atoms. The highest BCUT2D eigenvalue weighted by molar-refractivity contribution is 5.94. The minimum absolute atomic E-state index is 0.0253. The van der Waals surface area contributed by atoms with Gasteiger partial charge < -0.3 is 10.6 Å². The smallest absolute Gasteiger partial charge is 0.382 e. The van der Waals surface area contributed by atoms with Gasteiger partial charge in [0.15, 0.2) is 0 Å². The maximum atomic E-state index is 13.3. The summed E-state index contributed by atoms with van der Waals surface area (Å²) in [5.41, 5.74) is 0.853. The Hall–Kier alpha value is -3.67. The number of nitriles is 1. The first-order chi connectivity index (χ1) is 15.7. The van der Waals surface area contributed by atoms with Gasteiger partial charge in [0.1, 0.15) is 17.5 Å². The highest BCUT2D eigenvalue weighted by Crippen LogP contribution is 2.33. The van der Waals surface area contributed by atoms with Gasteiger partial charge >= 0.3 is 6.18 Å². The molecule has 0 bridgehead atoms. The van der Waals surface area contributed by atoms with E-state index in [0.717, 1.165) is 6.07 Å². The van der Waals surface area contributed by atoms with Crippen LogP contribution in [-0.4, -0.2) is 28.0 Å². The van der Waals surface area contributed by atoms with Crippen molar-refractivity contribution in [2.24, 2.45) is 0 Å². The Morgan fingerprint density at radius 2 is 1.94 bits per heavy atom. The maximum Gasteiger partial charge on any atom is 0.433 e. The molecule has 0 radical (unpaired) electrons. The van der Waals surface area contributed by atoms with Crippen LogP contribution in [0.25, 0.3) is 6.08 Å². The third kappa shape index (κ3) is 6.19. The van der Waals surface area contributed by atoms with Crippen molar-refractivity contribution in [1.29, 1.82) is 5.26 Å². The summed E-state index contributed by atoms with van der Waals surface area (Å²) in [4.78, 5) is 20.1. The zero-order valence-electron chi connectivity index (χ0n) is 18.1. The number of hydrogen-bond acceptors (Lipinski definition) is 5. The standard InChI is InChI=1S/C24H24F3N5O/c1-3-4-5-20-15(2)21(13-22(32-20)24(25,26)27)30-17-6-8-18(9-7-17)31-23(33)16-10-11-29-19(12-16)14-28/h3-5,10-13,17-18H,1,6-9H2,2H3,(H,30,32)(H,31,33)/b5-4-/t17-,18+. The second-order valence-corrected chi connectivity index (χ2v) is 7.87. The third-order valence-corrected chi connectivity index (χ3v) is 5.55. The van der Waals surface area contributed by atoms with Gasteiger partial charge in [-0.3, -0.25) is 4.79 Å². The Labute approximate surface area is 190 Å². The van der Waals surface area contributed by atoms with Crippen LogP contribution in [0, 0.1) is 18.3 Å². The van der Waals surface area contributed by atoms with E-state index in [1.54, 1.807) is 19.1 Å². The summed E-state index contributed by atoms with van der Waals surface area (Å²) in [7, 11) is 0. The van der Waals surface area contributed by atoms with Gasteiger partial charge in [0, 0.05) is 29.5 Å². The van der Waals surface area contributed by atoms with Gasteiger partial charge in [-0.1, -0.05) is 18.7 Å². The molecule has 2 N–H and O–H groups in total. The molecule has 1 aliphatic carbocycles. The first kappa shape index (κ1) is 24.0. The van der Waals surface area contributed by atoms with E-state index in [1.807, 2.05) is 6.07 Å². The van der Waals surface area contributed by atoms with Crippen molar-refractivity contribution in [3.05, 3.63) is 71.3 Å². The van der Waals surface area contributed by atoms with Crippen molar-refractivity contribution in [1.82, 2.24) is 15.3 Å². The van der Waals surface area contributed by atoms with Crippen molar-refractivity contribution in [3.8, 4) is 6.07 Å². The lowest BCUT2D eigenvalue weighted by Crippen LogP contribution is -2.40. The zero-order valence-corrected chi connectivity index (χ0v) is 18.1. The third-order valence-electron chi connectivity index (χ3n) is 5.55. The Morgan fingerprint density at radius 3 is 2.58 bits per heavy atom. The van der Waals surface area contributed by atoms with Gasteiger partial charge in [-0.25, -0.2) is 9.97 Å². The molecule has 0 aliphatic heterocycles. The quantitative estimate of drug-likeness (QED) is 0.597. The highest BCUT2D eigenvalue weighted by Gasteiger charge is 2.34. The number of pyridine rings is 2. The van der Waals surface area contributed by atoms with E-state index in [-0.39, 0.29) is 29.4 Å². The molecule has 2 aromatic rings. The summed E-state index contributed by atoms with van der Waals surface area (Å²) in [6, 6.07) is 5.86. The maximum absolute atomic E-state index is 13.3. The number of hydrogen-bond donors (Lipinski definition) is 2. The predicted octanol–water partition coefficient (Wildman–Crippen LogP) is 5.03. The number of allylic oxidation sites excluding steroid dienone is 2. The molecule has 0 atom stereocenters. The first-order valence-electron chi connectivity index (χ1n) is 10.5. The van der Waals surface area contributed by atoms with Crippen LogP contribution in [0.4, 0.5) is 18.9 Å². The van der Waals surface area contributed by atoms with Crippen LogP contribution in [0.1, 0.15) is 58.7 Å². The van der Waals surface area contributed by atoms with Gasteiger partial charge in [-0.2, -0.15) is 18.4 Å². The summed E-state index contributed by atoms with van der Waals surface area (Å²) in [5.74, 6) is -0.274. The first-order valence-corrected chi connectivity index (χ1v) is 10.5. The number of rotatable bonds is 6. The molecular formula is C24H24F3N5O. The minimum atomic E-state index is -4.55. The van der Waals surface area contributed by atoms with E-state index in [1.165, 1.54) is 24.4 Å². The fourth-order valence-corrected chi connectivity index (χ4v) is 3.75. The van der Waals surface area contributed by atoms with E-state index < -0.39 is 11.9 Å². The van der Waals surface area contributed by atoms with Crippen molar-refractivity contribution in [2.75, 3.05) is 5.32 Å². The highest BCUT2D eigenvalue weighted by atomic mass is 19.4. The number of halogens is 3. The molecule has 9 heteroatoms. The van der Waals surface area contributed by atoms with Crippen LogP contribution >= 0.6 is 0 Å². The number of nitrogens with one attached hydrogen (secondary N) is 2. The van der Waals surface area contributed by atoms with E-state index in [2.05, 4.69) is 27.2 Å². The zero-order chi connectivity index (χ0) is 24.0. The lowest BCUT2D eigenvalue weighted by atomic mass is 9.90. The normalized spacial score (nSPS) is 18.5. The molecule has 172 valence electrons. The number of amides is 1. The summed E-state index contributed by atoms with van der Waals surface area (Å²) in [5, 5.41) is 15.1. The lowest BCUT2D eigenvalue weighted by molar-refractivity contribution is -0.141. The predicted molar refractivity (Wildman–Crippen MR) is 119 cm³/mol. The summed E-state index contributed by atoms with van der Waals surface area (Å²) in [6.07, 6.45) is 4.13. The molecule has 2 aromatic heterocycles. The van der Waals surface area contributed by atoms with Gasteiger partial charge in [-0.15, -0.1) is 0 Å². The van der Waals surface area contributed by atoms with Crippen LogP contribution < -0.4 is 10.6 Å². The van der Waals surface area contributed by atoms with Crippen LogP contribution in [-0.2, 0) is 6.18 Å². The molecule has 1 aliphatic rings. The van der Waals surface area contributed by atoms with Crippen molar-refractivity contribution < 1.29 is 18.0 Å². The van der Waals surface area contributed by atoms with E-state index in [0.29, 0.717) is 42.5 Å². The fourth-order valence-electron chi connectivity index (χ4n) is 3.75. The van der Waals surface area contributed by atoms with E-state index in [4.69, 9.17) is 5.26 Å². The molecule has 3 rings (SSSR count). The average molecular weight is 455 g/mol. The topological polar surface area (TPSA) is 90.7 Å². The molecule has 1 fully saturated rings. The second-order valence-electron chi connectivity index (χ2n) is 7.87.